The Bertz CT molecular complexity index is 354. The summed E-state index contributed by atoms with van der Waals surface area (Å²) in [6, 6.07) is 3.89. The molecule has 0 aliphatic rings. The lowest BCUT2D eigenvalue weighted by molar-refractivity contribution is 0.185. The average Bonchev–Trinajstić information content (AvgIpc) is 2.15. The molecule has 2 N–H and O–H groups in total. The van der Waals surface area contributed by atoms with Crippen LogP contribution in [-0.4, -0.2) is 16.3 Å². The number of hydrogen-bond acceptors (Lipinski definition) is 2. The van der Waals surface area contributed by atoms with Crippen molar-refractivity contribution in [1.82, 2.24) is 0 Å². The van der Waals surface area contributed by atoms with Gasteiger partial charge in [0.25, 0.3) is 0 Å². The van der Waals surface area contributed by atoms with Crippen LogP contribution in [-0.2, 0) is 6.42 Å². The Morgan fingerprint density at radius 2 is 1.81 bits per heavy atom. The largest absolute Gasteiger partial charge is 0.508 e. The van der Waals surface area contributed by atoms with E-state index in [4.69, 9.17) is 0 Å². The third-order valence-electron chi connectivity index (χ3n) is 2.94. The van der Waals surface area contributed by atoms with Crippen LogP contribution in [0.3, 0.4) is 0 Å². The third-order valence-corrected chi connectivity index (χ3v) is 2.94. The number of phenols is 1. The van der Waals surface area contributed by atoms with Crippen molar-refractivity contribution in [1.29, 1.82) is 0 Å². The van der Waals surface area contributed by atoms with E-state index in [9.17, 15) is 10.2 Å². The number of rotatable bonds is 4. The summed E-state index contributed by atoms with van der Waals surface area (Å²) < 4.78 is 0. The molecule has 0 aromatic heterocycles. The lowest BCUT2D eigenvalue weighted by Gasteiger charge is -2.14. The maximum absolute atomic E-state index is 9.81. The van der Waals surface area contributed by atoms with Gasteiger partial charge in [0.1, 0.15) is 5.75 Å². The predicted molar refractivity (Wildman–Crippen MR) is 66.9 cm³/mol. The van der Waals surface area contributed by atoms with E-state index in [0.717, 1.165) is 24.0 Å². The summed E-state index contributed by atoms with van der Waals surface area (Å²) in [6.07, 6.45) is 1.36. The molecule has 0 aliphatic carbocycles. The Morgan fingerprint density at radius 3 is 2.31 bits per heavy atom. The SMILES string of the molecule is Cc1cc(O)c(C(C)C)cc1CCC(C)O. The van der Waals surface area contributed by atoms with Gasteiger partial charge in [-0.2, -0.15) is 0 Å². The molecule has 1 atom stereocenters. The van der Waals surface area contributed by atoms with Gasteiger partial charge in [-0.25, -0.2) is 0 Å². The van der Waals surface area contributed by atoms with E-state index in [1.54, 1.807) is 6.92 Å². The highest BCUT2D eigenvalue weighted by atomic mass is 16.3. The molecule has 1 aromatic rings. The minimum absolute atomic E-state index is 0.268. The van der Waals surface area contributed by atoms with Gasteiger partial charge in [-0.15, -0.1) is 0 Å². The molecular formula is C14H22O2. The van der Waals surface area contributed by atoms with E-state index < -0.39 is 0 Å². The predicted octanol–water partition coefficient (Wildman–Crippen LogP) is 3.14. The van der Waals surface area contributed by atoms with Gasteiger partial charge in [-0.05, 0) is 55.4 Å². The van der Waals surface area contributed by atoms with Crippen LogP contribution < -0.4 is 0 Å². The molecular weight excluding hydrogens is 200 g/mol. The van der Waals surface area contributed by atoms with E-state index in [1.807, 2.05) is 13.0 Å². The third kappa shape index (κ3) is 3.24. The number of aliphatic hydroxyl groups is 1. The fourth-order valence-electron chi connectivity index (χ4n) is 1.85. The lowest BCUT2D eigenvalue weighted by atomic mass is 9.94. The zero-order chi connectivity index (χ0) is 12.3. The number of aryl methyl sites for hydroxylation is 2. The van der Waals surface area contributed by atoms with Crippen molar-refractivity contribution in [2.24, 2.45) is 0 Å². The molecule has 0 aliphatic heterocycles. The highest BCUT2D eigenvalue weighted by Gasteiger charge is 2.10. The quantitative estimate of drug-likeness (QED) is 0.821. The second-order valence-electron chi connectivity index (χ2n) is 4.88. The van der Waals surface area contributed by atoms with Gasteiger partial charge in [0.15, 0.2) is 0 Å². The van der Waals surface area contributed by atoms with Crippen LogP contribution in [0.15, 0.2) is 12.1 Å². The second kappa shape index (κ2) is 5.35. The van der Waals surface area contributed by atoms with Crippen LogP contribution >= 0.6 is 0 Å². The molecule has 1 unspecified atom stereocenters. The molecule has 1 rings (SSSR count). The molecule has 0 saturated heterocycles. The summed E-state index contributed by atoms with van der Waals surface area (Å²) in [6.45, 7) is 7.95. The Hall–Kier alpha value is -1.02. The fraction of sp³-hybridized carbons (Fsp3) is 0.571. The Kier molecular flexibility index (Phi) is 4.36. The molecule has 0 bridgehead atoms. The summed E-state index contributed by atoms with van der Waals surface area (Å²) in [5, 5.41) is 19.1. The number of aliphatic hydroxyl groups excluding tert-OH is 1. The first-order valence-corrected chi connectivity index (χ1v) is 5.92. The molecule has 90 valence electrons. The lowest BCUT2D eigenvalue weighted by Crippen LogP contribution is -2.03. The Morgan fingerprint density at radius 1 is 1.19 bits per heavy atom. The smallest absolute Gasteiger partial charge is 0.119 e. The molecule has 0 heterocycles. The second-order valence-corrected chi connectivity index (χ2v) is 4.88. The molecule has 0 amide bonds. The standard InChI is InChI=1S/C14H22O2/c1-9(2)13-8-12(6-5-11(4)15)10(3)7-14(13)16/h7-9,11,15-16H,5-6H2,1-4H3. The Labute approximate surface area is 97.9 Å². The van der Waals surface area contributed by atoms with Crippen LogP contribution in [0.2, 0.25) is 0 Å². The van der Waals surface area contributed by atoms with Crippen molar-refractivity contribution < 1.29 is 10.2 Å². The molecule has 2 nitrogen and oxygen atoms in total. The molecule has 0 spiro atoms. The molecule has 0 radical (unpaired) electrons. The summed E-state index contributed by atoms with van der Waals surface area (Å²) in [5.41, 5.74) is 3.32. The van der Waals surface area contributed by atoms with Gasteiger partial charge < -0.3 is 10.2 Å². The van der Waals surface area contributed by atoms with E-state index in [1.165, 1.54) is 5.56 Å². The number of benzene rings is 1. The van der Waals surface area contributed by atoms with Gasteiger partial charge in [-0.1, -0.05) is 19.9 Å². The minimum atomic E-state index is -0.268. The number of aromatic hydroxyl groups is 1. The first kappa shape index (κ1) is 13.0. The van der Waals surface area contributed by atoms with E-state index in [0.29, 0.717) is 11.7 Å². The summed E-state index contributed by atoms with van der Waals surface area (Å²) in [7, 11) is 0. The molecule has 0 saturated carbocycles. The minimum Gasteiger partial charge on any atom is -0.508 e. The highest BCUT2D eigenvalue weighted by Crippen LogP contribution is 2.29. The molecule has 1 aromatic carbocycles. The topological polar surface area (TPSA) is 40.5 Å². The van der Waals surface area contributed by atoms with Crippen molar-refractivity contribution in [3.8, 4) is 5.75 Å². The Balaban J connectivity index is 2.96. The van der Waals surface area contributed by atoms with Gasteiger partial charge >= 0.3 is 0 Å². The van der Waals surface area contributed by atoms with Gasteiger partial charge in [0, 0.05) is 0 Å². The van der Waals surface area contributed by atoms with Gasteiger partial charge in [0.05, 0.1) is 6.10 Å². The summed E-state index contributed by atoms with van der Waals surface area (Å²) >= 11 is 0. The van der Waals surface area contributed by atoms with Crippen molar-refractivity contribution in [2.45, 2.75) is 52.6 Å². The van der Waals surface area contributed by atoms with Gasteiger partial charge in [0.2, 0.25) is 0 Å². The summed E-state index contributed by atoms with van der Waals surface area (Å²) in [4.78, 5) is 0. The zero-order valence-corrected chi connectivity index (χ0v) is 10.6. The normalized spacial score (nSPS) is 13.1. The van der Waals surface area contributed by atoms with Crippen LogP contribution in [0.25, 0.3) is 0 Å². The van der Waals surface area contributed by atoms with Crippen molar-refractivity contribution >= 4 is 0 Å². The van der Waals surface area contributed by atoms with Crippen LogP contribution in [0.4, 0.5) is 0 Å². The number of phenolic OH excluding ortho intramolecular Hbond substituents is 1. The molecule has 16 heavy (non-hydrogen) atoms. The number of hydrogen-bond donors (Lipinski definition) is 2. The van der Waals surface area contributed by atoms with Crippen LogP contribution in [0.1, 0.15) is 49.8 Å². The monoisotopic (exact) mass is 222 g/mol. The molecule has 2 heteroatoms. The van der Waals surface area contributed by atoms with Gasteiger partial charge in [-0.3, -0.25) is 0 Å². The van der Waals surface area contributed by atoms with Crippen molar-refractivity contribution in [2.75, 3.05) is 0 Å². The van der Waals surface area contributed by atoms with E-state index in [-0.39, 0.29) is 6.10 Å². The first-order valence-electron chi connectivity index (χ1n) is 5.92. The maximum atomic E-state index is 9.81. The fourth-order valence-corrected chi connectivity index (χ4v) is 1.85. The zero-order valence-electron chi connectivity index (χ0n) is 10.6. The highest BCUT2D eigenvalue weighted by molar-refractivity contribution is 5.43. The van der Waals surface area contributed by atoms with Crippen molar-refractivity contribution in [3.63, 3.8) is 0 Å². The average molecular weight is 222 g/mol. The first-order chi connectivity index (χ1) is 7.41. The van der Waals surface area contributed by atoms with Crippen LogP contribution in [0, 0.1) is 6.92 Å². The van der Waals surface area contributed by atoms with E-state index >= 15 is 0 Å². The maximum Gasteiger partial charge on any atom is 0.119 e. The van der Waals surface area contributed by atoms with Crippen molar-refractivity contribution in [3.05, 3.63) is 28.8 Å². The molecule has 0 fully saturated rings. The summed E-state index contributed by atoms with van der Waals surface area (Å²) in [5.74, 6) is 0.708. The van der Waals surface area contributed by atoms with E-state index in [2.05, 4.69) is 19.9 Å². The van der Waals surface area contributed by atoms with Crippen LogP contribution in [0.5, 0.6) is 5.75 Å².